The third-order valence-corrected chi connectivity index (χ3v) is 5.38. The Labute approximate surface area is 171 Å². The van der Waals surface area contributed by atoms with Crippen molar-refractivity contribution in [3.05, 3.63) is 64.1 Å². The van der Waals surface area contributed by atoms with Crippen molar-refractivity contribution in [3.8, 4) is 11.5 Å². The average Bonchev–Trinajstić information content (AvgIpc) is 3.38. The number of carbonyl (C=O) groups is 1. The largest absolute Gasteiger partial charge is 0.497 e. The van der Waals surface area contributed by atoms with Crippen LogP contribution in [0.2, 0.25) is 0 Å². The van der Waals surface area contributed by atoms with Crippen LogP contribution in [0.1, 0.15) is 20.9 Å². The number of nitrogens with one attached hydrogen (secondary N) is 1. The molecule has 0 aliphatic rings. The lowest BCUT2D eigenvalue weighted by Gasteiger charge is -2.12. The number of amides is 1. The van der Waals surface area contributed by atoms with Crippen LogP contribution in [0.3, 0.4) is 0 Å². The van der Waals surface area contributed by atoms with Crippen LogP contribution in [0.15, 0.2) is 48.0 Å². The summed E-state index contributed by atoms with van der Waals surface area (Å²) in [4.78, 5) is 18.9. The molecule has 3 aromatic heterocycles. The smallest absolute Gasteiger partial charge is 0.256 e. The number of pyridine rings is 1. The average molecular weight is 408 g/mol. The maximum Gasteiger partial charge on any atom is 0.256 e. The molecule has 0 atom stereocenters. The highest BCUT2D eigenvalue weighted by atomic mass is 32.1. The lowest BCUT2D eigenvalue weighted by molar-refractivity contribution is 0.102. The molecule has 4 aromatic rings. The molecule has 0 fully saturated rings. The van der Waals surface area contributed by atoms with Crippen molar-refractivity contribution in [3.63, 3.8) is 0 Å². The van der Waals surface area contributed by atoms with Gasteiger partial charge in [-0.2, -0.15) is 5.10 Å². The predicted molar refractivity (Wildman–Crippen MR) is 113 cm³/mol. The first-order valence-electron chi connectivity index (χ1n) is 8.98. The lowest BCUT2D eigenvalue weighted by atomic mass is 10.1. The van der Waals surface area contributed by atoms with Crippen molar-refractivity contribution in [1.82, 2.24) is 14.8 Å². The van der Waals surface area contributed by atoms with Gasteiger partial charge in [-0.05, 0) is 36.6 Å². The van der Waals surface area contributed by atoms with Crippen molar-refractivity contribution in [1.29, 1.82) is 0 Å². The number of benzene rings is 1. The molecular formula is C21H20N4O3S. The van der Waals surface area contributed by atoms with Gasteiger partial charge in [0, 0.05) is 16.6 Å². The maximum absolute atomic E-state index is 13.1. The van der Waals surface area contributed by atoms with Gasteiger partial charge >= 0.3 is 0 Å². The quantitative estimate of drug-likeness (QED) is 0.519. The molecule has 0 saturated carbocycles. The SMILES string of the molecule is COc1ccc(OC)c(NC(=O)c2cc(C)nc3c2cnn3Cc2cccs2)c1. The number of ether oxygens (including phenoxy) is 2. The van der Waals surface area contributed by atoms with Crippen LogP contribution < -0.4 is 14.8 Å². The number of thiophene rings is 1. The summed E-state index contributed by atoms with van der Waals surface area (Å²) in [5.41, 5.74) is 2.47. The fourth-order valence-corrected chi connectivity index (χ4v) is 3.81. The summed E-state index contributed by atoms with van der Waals surface area (Å²) in [5, 5.41) is 10.1. The van der Waals surface area contributed by atoms with Crippen molar-refractivity contribution in [2.45, 2.75) is 13.5 Å². The summed E-state index contributed by atoms with van der Waals surface area (Å²) in [6.07, 6.45) is 1.69. The lowest BCUT2D eigenvalue weighted by Crippen LogP contribution is -2.14. The van der Waals surface area contributed by atoms with Gasteiger partial charge in [0.2, 0.25) is 0 Å². The van der Waals surface area contributed by atoms with Crippen molar-refractivity contribution < 1.29 is 14.3 Å². The number of nitrogens with zero attached hydrogens (tertiary/aromatic N) is 3. The van der Waals surface area contributed by atoms with E-state index >= 15 is 0 Å². The van der Waals surface area contributed by atoms with Crippen molar-refractivity contribution in [2.75, 3.05) is 19.5 Å². The molecule has 0 saturated heterocycles. The summed E-state index contributed by atoms with van der Waals surface area (Å²) in [6.45, 7) is 2.48. The molecule has 1 N–H and O–H groups in total. The Balaban J connectivity index is 1.70. The Morgan fingerprint density at radius 2 is 2.07 bits per heavy atom. The van der Waals surface area contributed by atoms with Crippen LogP contribution in [0, 0.1) is 6.92 Å². The van der Waals surface area contributed by atoms with E-state index in [9.17, 15) is 4.79 Å². The first-order valence-corrected chi connectivity index (χ1v) is 9.86. The van der Waals surface area contributed by atoms with Gasteiger partial charge in [-0.3, -0.25) is 4.79 Å². The molecule has 0 unspecified atom stereocenters. The number of carbonyl (C=O) groups excluding carboxylic acids is 1. The highest BCUT2D eigenvalue weighted by Crippen LogP contribution is 2.30. The van der Waals surface area contributed by atoms with Crippen LogP contribution >= 0.6 is 11.3 Å². The molecule has 29 heavy (non-hydrogen) atoms. The molecule has 0 bridgehead atoms. The summed E-state index contributed by atoms with van der Waals surface area (Å²) < 4.78 is 12.4. The number of fused-ring (bicyclic) bond motifs is 1. The highest BCUT2D eigenvalue weighted by Gasteiger charge is 2.18. The molecule has 1 amide bonds. The Hall–Kier alpha value is -3.39. The standard InChI is InChI=1S/C21H20N4O3S/c1-13-9-16(21(26)24-18-10-14(27-2)6-7-19(18)28-3)17-11-22-25(20(17)23-13)12-15-5-4-8-29-15/h4-11H,12H2,1-3H3,(H,24,26). The molecule has 148 valence electrons. The van der Waals surface area contributed by atoms with Crippen LogP contribution in [0.25, 0.3) is 11.0 Å². The van der Waals surface area contributed by atoms with Gasteiger partial charge in [-0.25, -0.2) is 9.67 Å². The van der Waals surface area contributed by atoms with Gasteiger partial charge in [0.15, 0.2) is 5.65 Å². The van der Waals surface area contributed by atoms with E-state index in [1.165, 1.54) is 4.88 Å². The van der Waals surface area contributed by atoms with Gasteiger partial charge < -0.3 is 14.8 Å². The minimum Gasteiger partial charge on any atom is -0.497 e. The first kappa shape index (κ1) is 18.9. The van der Waals surface area contributed by atoms with Crippen LogP contribution in [0.4, 0.5) is 5.69 Å². The first-order chi connectivity index (χ1) is 14.1. The molecule has 0 aliphatic heterocycles. The number of aromatic nitrogens is 3. The second-order valence-corrected chi connectivity index (χ2v) is 7.48. The topological polar surface area (TPSA) is 78.3 Å². The number of hydrogen-bond acceptors (Lipinski definition) is 6. The summed E-state index contributed by atoms with van der Waals surface area (Å²) in [5.74, 6) is 0.915. The van der Waals surface area contributed by atoms with E-state index in [0.717, 1.165) is 5.69 Å². The Morgan fingerprint density at radius 3 is 2.79 bits per heavy atom. The van der Waals surface area contributed by atoms with E-state index in [1.807, 2.05) is 23.1 Å². The Kier molecular flexibility index (Phi) is 5.18. The molecule has 7 nitrogen and oxygen atoms in total. The van der Waals surface area contributed by atoms with E-state index in [1.54, 1.807) is 56.0 Å². The number of methoxy groups -OCH3 is 2. The van der Waals surface area contributed by atoms with Crippen LogP contribution in [-0.2, 0) is 6.54 Å². The maximum atomic E-state index is 13.1. The van der Waals surface area contributed by atoms with E-state index in [4.69, 9.17) is 9.47 Å². The van der Waals surface area contributed by atoms with Crippen molar-refractivity contribution >= 4 is 34.0 Å². The van der Waals surface area contributed by atoms with Crippen LogP contribution in [-0.4, -0.2) is 34.9 Å². The zero-order valence-electron chi connectivity index (χ0n) is 16.3. The minimum absolute atomic E-state index is 0.261. The molecule has 8 heteroatoms. The third-order valence-electron chi connectivity index (χ3n) is 4.52. The van der Waals surface area contributed by atoms with Gasteiger partial charge in [-0.15, -0.1) is 11.3 Å². The molecule has 0 spiro atoms. The summed E-state index contributed by atoms with van der Waals surface area (Å²) >= 11 is 1.66. The number of rotatable bonds is 6. The van der Waals surface area contributed by atoms with E-state index in [-0.39, 0.29) is 5.91 Å². The molecule has 4 rings (SSSR count). The second-order valence-electron chi connectivity index (χ2n) is 6.45. The van der Waals surface area contributed by atoms with Crippen molar-refractivity contribution in [2.24, 2.45) is 0 Å². The summed E-state index contributed by atoms with van der Waals surface area (Å²) in [6, 6.07) is 11.1. The monoisotopic (exact) mass is 408 g/mol. The predicted octanol–water partition coefficient (Wildman–Crippen LogP) is 4.12. The highest BCUT2D eigenvalue weighted by molar-refractivity contribution is 7.09. The summed E-state index contributed by atoms with van der Waals surface area (Å²) in [7, 11) is 3.13. The third kappa shape index (κ3) is 3.79. The van der Waals surface area contributed by atoms with Gasteiger partial charge in [-0.1, -0.05) is 6.07 Å². The van der Waals surface area contributed by atoms with E-state index < -0.39 is 0 Å². The molecule has 1 aromatic carbocycles. The van der Waals surface area contributed by atoms with Gasteiger partial charge in [0.05, 0.1) is 43.6 Å². The molecule has 0 aliphatic carbocycles. The second kappa shape index (κ2) is 7.92. The fraction of sp³-hybridized carbons (Fsp3) is 0.190. The molecular weight excluding hydrogens is 388 g/mol. The van der Waals surface area contributed by atoms with Gasteiger partial charge in [0.25, 0.3) is 5.91 Å². The zero-order valence-corrected chi connectivity index (χ0v) is 17.1. The zero-order chi connectivity index (χ0) is 20.4. The van der Waals surface area contributed by atoms with E-state index in [0.29, 0.717) is 40.3 Å². The normalized spacial score (nSPS) is 10.9. The molecule has 3 heterocycles. The Morgan fingerprint density at radius 1 is 1.21 bits per heavy atom. The fourth-order valence-electron chi connectivity index (χ4n) is 3.13. The number of aryl methyl sites for hydroxylation is 1. The van der Waals surface area contributed by atoms with Gasteiger partial charge in [0.1, 0.15) is 11.5 Å². The minimum atomic E-state index is -0.261. The van der Waals surface area contributed by atoms with Crippen LogP contribution in [0.5, 0.6) is 11.5 Å². The Bertz CT molecular complexity index is 1170. The molecule has 0 radical (unpaired) electrons. The number of anilines is 1. The number of hydrogen-bond donors (Lipinski definition) is 1. The van der Waals surface area contributed by atoms with E-state index in [2.05, 4.69) is 21.5 Å².